The molecule has 1 aromatic rings. The van der Waals surface area contributed by atoms with E-state index in [2.05, 4.69) is 68.2 Å². The lowest BCUT2D eigenvalue weighted by Gasteiger charge is -2.03. The van der Waals surface area contributed by atoms with E-state index in [4.69, 9.17) is 4.79 Å². The lowest BCUT2D eigenvalue weighted by molar-refractivity contribution is 0.275. The fraction of sp³-hybridized carbons (Fsp3) is 0.364. The number of carbonyl (C=O) groups excluding carboxylic acids is 1. The molecule has 0 fully saturated rings. The van der Waals surface area contributed by atoms with E-state index in [1.54, 1.807) is 0 Å². The van der Waals surface area contributed by atoms with Gasteiger partial charge in [-0.25, -0.2) is 0 Å². The van der Waals surface area contributed by atoms with E-state index in [0.717, 1.165) is 0 Å². The highest BCUT2D eigenvalue weighted by atomic mass is 35.5. The molecule has 78 valence electrons. The maximum Gasteiger partial charge on any atom is 0.313 e. The second kappa shape index (κ2) is 6.86. The molecule has 1 nitrogen and oxygen atoms in total. The predicted molar refractivity (Wildman–Crippen MR) is 62.4 cm³/mol. The van der Waals surface area contributed by atoms with Gasteiger partial charge in [-0.05, 0) is 41.6 Å². The summed E-state index contributed by atoms with van der Waals surface area (Å²) in [6.45, 7) is 6.54. The van der Waals surface area contributed by atoms with Crippen molar-refractivity contribution in [2.75, 3.05) is 0 Å². The van der Waals surface area contributed by atoms with E-state index in [1.165, 1.54) is 11.1 Å². The molecular formula is C11H14Cl2O. The molecule has 0 bridgehead atoms. The van der Waals surface area contributed by atoms with Crippen molar-refractivity contribution in [1.29, 1.82) is 0 Å². The van der Waals surface area contributed by atoms with Crippen molar-refractivity contribution in [2.24, 2.45) is 0 Å². The van der Waals surface area contributed by atoms with E-state index in [0.29, 0.717) is 5.92 Å². The maximum atomic E-state index is 8.98. The number of carbonyl (C=O) groups is 1. The van der Waals surface area contributed by atoms with Crippen LogP contribution in [0.2, 0.25) is 0 Å². The monoisotopic (exact) mass is 232 g/mol. The van der Waals surface area contributed by atoms with E-state index < -0.39 is 4.70 Å². The highest BCUT2D eigenvalue weighted by Gasteiger charge is 1.95. The molecule has 0 saturated heterocycles. The largest absolute Gasteiger partial charge is 0.313 e. The van der Waals surface area contributed by atoms with Crippen LogP contribution in [-0.4, -0.2) is 4.70 Å². The van der Waals surface area contributed by atoms with Crippen LogP contribution in [0.15, 0.2) is 24.3 Å². The third kappa shape index (κ3) is 6.93. The molecule has 0 aromatic heterocycles. The number of benzene rings is 1. The Morgan fingerprint density at radius 3 is 1.79 bits per heavy atom. The van der Waals surface area contributed by atoms with Crippen LogP contribution >= 0.6 is 23.2 Å². The van der Waals surface area contributed by atoms with Crippen LogP contribution in [0.5, 0.6) is 0 Å². The summed E-state index contributed by atoms with van der Waals surface area (Å²) in [5, 5.41) is 0. The van der Waals surface area contributed by atoms with Gasteiger partial charge in [0.05, 0.1) is 0 Å². The molecule has 3 heteroatoms. The fourth-order valence-electron chi connectivity index (χ4n) is 0.951. The first-order chi connectivity index (χ1) is 6.43. The fourth-order valence-corrected chi connectivity index (χ4v) is 0.951. The van der Waals surface area contributed by atoms with Crippen LogP contribution in [0.4, 0.5) is 4.79 Å². The third-order valence-electron chi connectivity index (χ3n) is 1.74. The van der Waals surface area contributed by atoms with Gasteiger partial charge < -0.3 is 0 Å². The number of hydrogen-bond donors (Lipinski definition) is 0. The summed E-state index contributed by atoms with van der Waals surface area (Å²) in [6.07, 6.45) is 0. The van der Waals surface area contributed by atoms with Gasteiger partial charge in [-0.15, -0.1) is 0 Å². The zero-order valence-corrected chi connectivity index (χ0v) is 10.1. The summed E-state index contributed by atoms with van der Waals surface area (Å²) < 4.78 is -0.889. The Morgan fingerprint density at radius 1 is 1.14 bits per heavy atom. The number of rotatable bonds is 1. The minimum Gasteiger partial charge on any atom is -0.262 e. The van der Waals surface area contributed by atoms with Crippen molar-refractivity contribution in [2.45, 2.75) is 26.7 Å². The molecule has 0 heterocycles. The van der Waals surface area contributed by atoms with Gasteiger partial charge >= 0.3 is 4.70 Å². The molecule has 0 atom stereocenters. The van der Waals surface area contributed by atoms with Gasteiger partial charge in [-0.1, -0.05) is 43.7 Å². The Labute approximate surface area is 95.0 Å². The maximum absolute atomic E-state index is 8.98. The van der Waals surface area contributed by atoms with E-state index in [-0.39, 0.29) is 0 Å². The molecule has 0 amide bonds. The van der Waals surface area contributed by atoms with Gasteiger partial charge in [0.1, 0.15) is 0 Å². The molecule has 0 spiro atoms. The third-order valence-corrected chi connectivity index (χ3v) is 1.74. The Balaban J connectivity index is 0.000000364. The molecule has 14 heavy (non-hydrogen) atoms. The molecule has 0 aliphatic heterocycles. The number of aryl methyl sites for hydroxylation is 1. The van der Waals surface area contributed by atoms with Crippen LogP contribution in [0, 0.1) is 6.92 Å². The van der Waals surface area contributed by atoms with Crippen molar-refractivity contribution in [3.05, 3.63) is 35.4 Å². The molecule has 0 radical (unpaired) electrons. The zero-order valence-electron chi connectivity index (χ0n) is 8.55. The molecule has 1 aromatic carbocycles. The molecule has 0 unspecified atom stereocenters. The van der Waals surface area contributed by atoms with Crippen molar-refractivity contribution < 1.29 is 4.79 Å². The normalized spacial score (nSPS) is 9.29. The summed E-state index contributed by atoms with van der Waals surface area (Å²) in [7, 11) is 0. The Bertz CT molecular complexity index is 274. The van der Waals surface area contributed by atoms with Gasteiger partial charge in [0.15, 0.2) is 0 Å². The highest BCUT2D eigenvalue weighted by molar-refractivity contribution is 6.93. The topological polar surface area (TPSA) is 17.1 Å². The Hall–Kier alpha value is -0.530. The van der Waals surface area contributed by atoms with Crippen molar-refractivity contribution >= 4 is 27.9 Å². The van der Waals surface area contributed by atoms with Crippen molar-refractivity contribution in [1.82, 2.24) is 0 Å². The van der Waals surface area contributed by atoms with Gasteiger partial charge in [0.2, 0.25) is 0 Å². The molecule has 0 aliphatic rings. The summed E-state index contributed by atoms with van der Waals surface area (Å²) in [4.78, 5) is 8.98. The molecule has 0 saturated carbocycles. The second-order valence-electron chi connectivity index (χ2n) is 3.29. The summed E-state index contributed by atoms with van der Waals surface area (Å²) in [5.74, 6) is 0.653. The van der Waals surface area contributed by atoms with Crippen LogP contribution < -0.4 is 0 Å². The smallest absolute Gasteiger partial charge is 0.262 e. The standard InChI is InChI=1S/C10H14.CCl2O/c1-8(2)10-6-4-9(3)5-7-10;2-1(3)4/h4-8H,1-3H3;. The lowest BCUT2D eigenvalue weighted by Crippen LogP contribution is -1.85. The minimum atomic E-state index is -0.889. The number of hydrogen-bond acceptors (Lipinski definition) is 1. The summed E-state index contributed by atoms with van der Waals surface area (Å²) >= 11 is 8.80. The van der Waals surface area contributed by atoms with Crippen LogP contribution in [0.1, 0.15) is 30.9 Å². The van der Waals surface area contributed by atoms with E-state index in [9.17, 15) is 0 Å². The Morgan fingerprint density at radius 2 is 1.50 bits per heavy atom. The quantitative estimate of drug-likeness (QED) is 0.642. The highest BCUT2D eigenvalue weighted by Crippen LogP contribution is 2.13. The van der Waals surface area contributed by atoms with E-state index >= 15 is 0 Å². The first kappa shape index (κ1) is 13.5. The van der Waals surface area contributed by atoms with Gasteiger partial charge in [0, 0.05) is 0 Å². The van der Waals surface area contributed by atoms with Crippen LogP contribution in [0.3, 0.4) is 0 Å². The van der Waals surface area contributed by atoms with Gasteiger partial charge in [-0.3, -0.25) is 4.79 Å². The summed E-state index contributed by atoms with van der Waals surface area (Å²) in [6, 6.07) is 8.71. The first-order valence-electron chi connectivity index (χ1n) is 4.35. The zero-order chi connectivity index (χ0) is 11.1. The predicted octanol–water partition coefficient (Wildman–Crippen LogP) is 4.70. The van der Waals surface area contributed by atoms with E-state index in [1.807, 2.05) is 0 Å². The minimum absolute atomic E-state index is 0.653. The Kier molecular flexibility index (Phi) is 6.60. The molecule has 0 N–H and O–H groups in total. The average Bonchev–Trinajstić information content (AvgIpc) is 2.03. The van der Waals surface area contributed by atoms with Crippen LogP contribution in [0.25, 0.3) is 0 Å². The second-order valence-corrected chi connectivity index (χ2v) is 4.17. The number of halogens is 2. The van der Waals surface area contributed by atoms with Crippen LogP contribution in [-0.2, 0) is 0 Å². The molecule has 0 aliphatic carbocycles. The molecular weight excluding hydrogens is 219 g/mol. The lowest BCUT2D eigenvalue weighted by atomic mass is 10.0. The van der Waals surface area contributed by atoms with Gasteiger partial charge in [-0.2, -0.15) is 0 Å². The molecule has 1 rings (SSSR count). The first-order valence-corrected chi connectivity index (χ1v) is 5.10. The summed E-state index contributed by atoms with van der Waals surface area (Å²) in [5.41, 5.74) is 2.76. The van der Waals surface area contributed by atoms with Crippen molar-refractivity contribution in [3.63, 3.8) is 0 Å². The van der Waals surface area contributed by atoms with Crippen molar-refractivity contribution in [3.8, 4) is 0 Å². The average molecular weight is 233 g/mol. The SMILES string of the molecule is Cc1ccc(C(C)C)cc1.O=C(Cl)Cl. The van der Waals surface area contributed by atoms with Gasteiger partial charge in [0.25, 0.3) is 0 Å².